The summed E-state index contributed by atoms with van der Waals surface area (Å²) in [4.78, 5) is 30.3. The summed E-state index contributed by atoms with van der Waals surface area (Å²) in [7, 11) is 0. The zero-order valence-corrected chi connectivity index (χ0v) is 34.5. The maximum Gasteiger partial charge on any atom is 0.233 e. The highest BCUT2D eigenvalue weighted by molar-refractivity contribution is 6.00. The second-order valence-electron chi connectivity index (χ2n) is 21.3. The molecule has 310 valence electrons. The van der Waals surface area contributed by atoms with Crippen LogP contribution in [0.15, 0.2) is 42.0 Å². The molecule has 0 unspecified atom stereocenters. The van der Waals surface area contributed by atoms with E-state index in [4.69, 9.17) is 4.74 Å². The van der Waals surface area contributed by atoms with Crippen molar-refractivity contribution in [1.82, 2.24) is 0 Å². The number of aryl methyl sites for hydroxylation is 1. The summed E-state index contributed by atoms with van der Waals surface area (Å²) in [5.74, 6) is -0.317. The lowest BCUT2D eigenvalue weighted by molar-refractivity contribution is -0.205. The number of amides is 1. The van der Waals surface area contributed by atoms with Crippen LogP contribution in [0.25, 0.3) is 0 Å². The predicted molar refractivity (Wildman–Crippen MR) is 215 cm³/mol. The van der Waals surface area contributed by atoms with Crippen molar-refractivity contribution in [3.63, 3.8) is 0 Å². The van der Waals surface area contributed by atoms with Crippen molar-refractivity contribution >= 4 is 17.4 Å². The van der Waals surface area contributed by atoms with Crippen LogP contribution in [0.5, 0.6) is 5.75 Å². The summed E-state index contributed by atoms with van der Waals surface area (Å²) in [6.07, 6.45) is 14.6. The van der Waals surface area contributed by atoms with E-state index in [9.17, 15) is 35.1 Å². The highest BCUT2D eigenvalue weighted by atomic mass is 16.6. The zero-order chi connectivity index (χ0) is 40.1. The first-order chi connectivity index (χ1) is 27.1. The standard InChI is InChI=1S/C48H65NO8/c1-27(2)28(3)40-41(57-40)47(55)15-8-9-30-26-45-16-11-33-39(53)36(52)24-34(43(33,45)4)35(51)25-38(45)48(56)18-12-37(47)46(30,48)17-10-29-21-31(23-32(50)22-29)49-20-19-44(42(49)54)13-6-5-7-14-44/h8-9,21-23,25,27-28,30,33-34,36-37,39-41,50,52-53,55-56H,5-7,10-20,24,26H2,1-4H3/t28-,30+,33+,34+,36-,37+,39+,40-,41-,43+,45+,46-,47+,48+/m1/s1. The number of rotatable bonds is 7. The summed E-state index contributed by atoms with van der Waals surface area (Å²) < 4.78 is 6.48. The number of benzene rings is 1. The molecule has 1 aromatic rings. The van der Waals surface area contributed by atoms with Gasteiger partial charge in [0, 0.05) is 41.0 Å². The number of fused-ring (bicyclic) bond motifs is 1. The van der Waals surface area contributed by atoms with E-state index >= 15 is 0 Å². The Morgan fingerprint density at radius 1 is 0.965 bits per heavy atom. The third-order valence-corrected chi connectivity index (χ3v) is 19.1. The van der Waals surface area contributed by atoms with E-state index in [1.807, 2.05) is 4.90 Å². The van der Waals surface area contributed by atoms with Crippen molar-refractivity contribution < 1.29 is 39.9 Å². The molecule has 1 aromatic carbocycles. The van der Waals surface area contributed by atoms with Gasteiger partial charge in [0.25, 0.3) is 0 Å². The van der Waals surface area contributed by atoms with Gasteiger partial charge in [-0.05, 0) is 135 Å². The van der Waals surface area contributed by atoms with Gasteiger partial charge in [-0.25, -0.2) is 0 Å². The number of epoxide rings is 1. The van der Waals surface area contributed by atoms with Gasteiger partial charge >= 0.3 is 0 Å². The first kappa shape index (κ1) is 38.6. The van der Waals surface area contributed by atoms with Gasteiger partial charge in [0.15, 0.2) is 5.78 Å². The normalized spacial score (nSPS) is 47.1. The lowest BCUT2D eigenvalue weighted by atomic mass is 9.37. The van der Waals surface area contributed by atoms with Crippen molar-refractivity contribution in [3.05, 3.63) is 47.6 Å². The number of carbonyl (C=O) groups is 2. The average Bonchev–Trinajstić information content (AvgIpc) is 3.77. The molecule has 0 radical (unpaired) electrons. The number of aliphatic hydroxyl groups excluding tert-OH is 2. The molecule has 9 heteroatoms. The molecule has 14 atom stereocenters. The lowest BCUT2D eigenvalue weighted by Gasteiger charge is -2.68. The average molecular weight is 784 g/mol. The number of ether oxygens (including phenoxy) is 1. The Kier molecular flexibility index (Phi) is 8.63. The number of nitrogens with zero attached hydrogens (tertiary/aromatic N) is 1. The van der Waals surface area contributed by atoms with Crippen LogP contribution in [0.2, 0.25) is 0 Å². The number of aliphatic hydroxyl groups is 4. The molecule has 0 aromatic heterocycles. The van der Waals surface area contributed by atoms with Crippen molar-refractivity contribution in [1.29, 1.82) is 0 Å². The fraction of sp³-hybridized carbons (Fsp3) is 0.750. The summed E-state index contributed by atoms with van der Waals surface area (Å²) in [6.45, 7) is 9.38. The lowest BCUT2D eigenvalue weighted by Crippen LogP contribution is -2.69. The number of ketones is 1. The minimum absolute atomic E-state index is 0.0640. The summed E-state index contributed by atoms with van der Waals surface area (Å²) >= 11 is 0. The first-order valence-corrected chi connectivity index (χ1v) is 22.6. The van der Waals surface area contributed by atoms with Crippen molar-refractivity contribution in [2.24, 2.45) is 57.2 Å². The molecular weight excluding hydrogens is 719 g/mol. The summed E-state index contributed by atoms with van der Waals surface area (Å²) in [6, 6.07) is 5.55. The molecule has 2 spiro atoms. The van der Waals surface area contributed by atoms with Crippen LogP contribution in [-0.4, -0.2) is 79.4 Å². The van der Waals surface area contributed by atoms with E-state index in [-0.39, 0.29) is 65.2 Å². The van der Waals surface area contributed by atoms with Crippen LogP contribution in [0, 0.1) is 57.2 Å². The molecule has 7 aliphatic carbocycles. The fourth-order valence-corrected chi connectivity index (χ4v) is 15.9. The number of hydrogen-bond donors (Lipinski definition) is 5. The zero-order valence-electron chi connectivity index (χ0n) is 34.5. The molecule has 2 saturated heterocycles. The molecule has 5 saturated carbocycles. The van der Waals surface area contributed by atoms with Crippen molar-refractivity contribution in [2.45, 2.75) is 160 Å². The van der Waals surface area contributed by atoms with Crippen molar-refractivity contribution in [2.75, 3.05) is 11.4 Å². The number of hydrogen-bond acceptors (Lipinski definition) is 8. The highest BCUT2D eigenvalue weighted by Crippen LogP contribution is 2.80. The Bertz CT molecular complexity index is 1920. The van der Waals surface area contributed by atoms with Gasteiger partial charge in [-0.2, -0.15) is 0 Å². The van der Waals surface area contributed by atoms with Crippen LogP contribution in [0.1, 0.15) is 123 Å². The Morgan fingerprint density at radius 2 is 1.74 bits per heavy atom. The number of phenols is 1. The second kappa shape index (κ2) is 12.7. The maximum atomic E-state index is 14.4. The molecule has 7 fully saturated rings. The molecule has 2 aliphatic heterocycles. The molecule has 1 amide bonds. The number of allylic oxidation sites excluding steroid dienone is 2. The molecule has 57 heavy (non-hydrogen) atoms. The minimum atomic E-state index is -1.42. The van der Waals surface area contributed by atoms with Crippen LogP contribution in [0.3, 0.4) is 0 Å². The smallest absolute Gasteiger partial charge is 0.233 e. The number of aromatic hydroxyl groups is 1. The van der Waals surface area contributed by atoms with Gasteiger partial charge in [-0.15, -0.1) is 0 Å². The Morgan fingerprint density at radius 3 is 2.49 bits per heavy atom. The monoisotopic (exact) mass is 783 g/mol. The minimum Gasteiger partial charge on any atom is -0.508 e. The van der Waals surface area contributed by atoms with Crippen LogP contribution in [0.4, 0.5) is 5.69 Å². The maximum absolute atomic E-state index is 14.4. The molecular formula is C48H65NO8. The Balaban J connectivity index is 1.07. The number of phenolic OH excluding ortho intramolecular Hbond substituents is 1. The van der Waals surface area contributed by atoms with E-state index in [0.717, 1.165) is 55.3 Å². The van der Waals surface area contributed by atoms with Gasteiger partial charge in [0.2, 0.25) is 5.91 Å². The largest absolute Gasteiger partial charge is 0.508 e. The van der Waals surface area contributed by atoms with E-state index in [1.165, 1.54) is 6.42 Å². The topological polar surface area (TPSA) is 151 Å². The Labute approximate surface area is 337 Å². The predicted octanol–water partition coefficient (Wildman–Crippen LogP) is 6.56. The third-order valence-electron chi connectivity index (χ3n) is 19.1. The highest BCUT2D eigenvalue weighted by Gasteiger charge is 2.80. The van der Waals surface area contributed by atoms with E-state index in [2.05, 4.69) is 45.9 Å². The quantitative estimate of drug-likeness (QED) is 0.154. The molecule has 9 aliphatic rings. The van der Waals surface area contributed by atoms with Crippen molar-refractivity contribution in [3.8, 4) is 5.75 Å². The molecule has 5 N–H and O–H groups in total. The molecule has 2 heterocycles. The van der Waals surface area contributed by atoms with Crippen LogP contribution in [-0.2, 0) is 20.7 Å². The Hall–Kier alpha value is -2.56. The second-order valence-corrected chi connectivity index (χ2v) is 21.3. The molecule has 0 bridgehead atoms. The van der Waals surface area contributed by atoms with E-state index in [0.29, 0.717) is 57.4 Å². The number of anilines is 1. The summed E-state index contributed by atoms with van der Waals surface area (Å²) in [5.41, 5.74) is -2.58. The van der Waals surface area contributed by atoms with Gasteiger partial charge in [-0.3, -0.25) is 9.59 Å². The van der Waals surface area contributed by atoms with E-state index < -0.39 is 45.6 Å². The fourth-order valence-electron chi connectivity index (χ4n) is 15.9. The van der Waals surface area contributed by atoms with Gasteiger partial charge in [-0.1, -0.05) is 59.1 Å². The van der Waals surface area contributed by atoms with Crippen LogP contribution < -0.4 is 4.90 Å². The third kappa shape index (κ3) is 4.93. The SMILES string of the molecule is CC(C)[C@@H](C)[C@H]1O[C@H]1[C@]1(O)CC=C[C@H]2C[C@@]34CC[C@H]5[C@H](O)[C@H](O)C[C@@H](C(=O)C=C3[C@@]3(O)CC[C@H]1[C@@]23CCc1cc(O)cc(N2CCC3(CCCCC3)C2=O)c1)[C@]54C. The molecule has 9 nitrogen and oxygen atoms in total. The first-order valence-electron chi connectivity index (χ1n) is 22.6. The van der Waals surface area contributed by atoms with Crippen LogP contribution >= 0.6 is 0 Å². The number of carbonyl (C=O) groups excluding carboxylic acids is 2. The summed E-state index contributed by atoms with van der Waals surface area (Å²) in [5, 5.41) is 60.9. The van der Waals surface area contributed by atoms with Gasteiger partial charge < -0.3 is 35.2 Å². The molecule has 10 rings (SSSR count). The van der Waals surface area contributed by atoms with E-state index in [1.54, 1.807) is 18.2 Å². The van der Waals surface area contributed by atoms with Gasteiger partial charge in [0.1, 0.15) is 17.5 Å². The van der Waals surface area contributed by atoms with Gasteiger partial charge in [0.05, 0.1) is 29.3 Å².